The molecule has 3 aliphatic heterocycles. The van der Waals surface area contributed by atoms with E-state index in [1.54, 1.807) is 11.3 Å². The number of nitrogens with zero attached hydrogens (tertiary/aromatic N) is 4. The van der Waals surface area contributed by atoms with Crippen LogP contribution >= 0.6 is 11.3 Å². The SMILES string of the molecule is CN1CCN(C(=O)C2CC3(CCN(C(=O)c4ccsc4)CC3)CN2C)CC1. The molecule has 3 fully saturated rings. The van der Waals surface area contributed by atoms with E-state index >= 15 is 0 Å². The average Bonchev–Trinajstić information content (AvgIpc) is 3.31. The molecule has 1 spiro atoms. The number of likely N-dealkylation sites (N-methyl/N-ethyl adjacent to an activating group) is 2. The van der Waals surface area contributed by atoms with Crippen LogP contribution < -0.4 is 0 Å². The summed E-state index contributed by atoms with van der Waals surface area (Å²) in [6, 6.07) is 1.92. The highest BCUT2D eigenvalue weighted by atomic mass is 32.1. The third-order valence-corrected chi connectivity index (χ3v) is 7.41. The first-order valence-electron chi connectivity index (χ1n) is 9.96. The molecule has 148 valence electrons. The molecular weight excluding hydrogens is 360 g/mol. The Morgan fingerprint density at radius 3 is 2.37 bits per heavy atom. The number of hydrogen-bond donors (Lipinski definition) is 0. The van der Waals surface area contributed by atoms with Gasteiger partial charge in [-0.2, -0.15) is 11.3 Å². The van der Waals surface area contributed by atoms with Gasteiger partial charge in [0, 0.05) is 51.2 Å². The van der Waals surface area contributed by atoms with Crippen molar-refractivity contribution in [2.24, 2.45) is 5.41 Å². The highest BCUT2D eigenvalue weighted by Crippen LogP contribution is 2.43. The number of rotatable bonds is 2. The number of piperazine rings is 1. The molecule has 0 bridgehead atoms. The Bertz CT molecular complexity index is 676. The molecule has 0 aliphatic carbocycles. The van der Waals surface area contributed by atoms with Crippen molar-refractivity contribution in [3.05, 3.63) is 22.4 Å². The lowest BCUT2D eigenvalue weighted by Gasteiger charge is -2.39. The lowest BCUT2D eigenvalue weighted by molar-refractivity contribution is -0.137. The zero-order valence-corrected chi connectivity index (χ0v) is 17.2. The average molecular weight is 391 g/mol. The summed E-state index contributed by atoms with van der Waals surface area (Å²) in [7, 11) is 4.21. The van der Waals surface area contributed by atoms with Crippen LogP contribution in [0.15, 0.2) is 16.8 Å². The summed E-state index contributed by atoms with van der Waals surface area (Å²) in [6.07, 6.45) is 2.94. The van der Waals surface area contributed by atoms with Gasteiger partial charge in [0.2, 0.25) is 5.91 Å². The summed E-state index contributed by atoms with van der Waals surface area (Å²) in [5.41, 5.74) is 0.996. The second-order valence-corrected chi connectivity index (χ2v) is 9.35. The molecule has 1 aromatic rings. The van der Waals surface area contributed by atoms with Crippen LogP contribution in [0, 0.1) is 5.41 Å². The third kappa shape index (κ3) is 3.77. The molecule has 6 nitrogen and oxygen atoms in total. The predicted octanol–water partition coefficient (Wildman–Crippen LogP) is 1.45. The summed E-state index contributed by atoms with van der Waals surface area (Å²) in [5.74, 6) is 0.460. The molecule has 7 heteroatoms. The van der Waals surface area contributed by atoms with Crippen molar-refractivity contribution in [1.29, 1.82) is 0 Å². The normalized spacial score (nSPS) is 26.7. The van der Waals surface area contributed by atoms with Gasteiger partial charge < -0.3 is 14.7 Å². The molecule has 27 heavy (non-hydrogen) atoms. The summed E-state index contributed by atoms with van der Waals surface area (Å²) in [4.78, 5) is 34.2. The van der Waals surface area contributed by atoms with Gasteiger partial charge in [0.1, 0.15) is 0 Å². The molecule has 1 aromatic heterocycles. The van der Waals surface area contributed by atoms with E-state index in [1.165, 1.54) is 0 Å². The minimum absolute atomic E-state index is 0.00697. The highest BCUT2D eigenvalue weighted by molar-refractivity contribution is 7.08. The minimum Gasteiger partial charge on any atom is -0.339 e. The molecule has 4 rings (SSSR count). The molecule has 3 aliphatic rings. The van der Waals surface area contributed by atoms with E-state index in [0.29, 0.717) is 5.91 Å². The van der Waals surface area contributed by atoms with E-state index in [2.05, 4.69) is 28.8 Å². The highest BCUT2D eigenvalue weighted by Gasteiger charge is 2.48. The van der Waals surface area contributed by atoms with Gasteiger partial charge >= 0.3 is 0 Å². The number of carbonyl (C=O) groups excluding carboxylic acids is 2. The fourth-order valence-corrected chi connectivity index (χ4v) is 5.53. The molecule has 2 amide bonds. The van der Waals surface area contributed by atoms with Crippen molar-refractivity contribution in [3.8, 4) is 0 Å². The summed E-state index contributed by atoms with van der Waals surface area (Å²) < 4.78 is 0. The van der Waals surface area contributed by atoms with E-state index < -0.39 is 0 Å². The molecular formula is C20H30N4O2S. The van der Waals surface area contributed by atoms with E-state index in [0.717, 1.165) is 70.6 Å². The van der Waals surface area contributed by atoms with Crippen molar-refractivity contribution < 1.29 is 9.59 Å². The van der Waals surface area contributed by atoms with Crippen LogP contribution in [0.3, 0.4) is 0 Å². The van der Waals surface area contributed by atoms with Gasteiger partial charge in [-0.15, -0.1) is 0 Å². The van der Waals surface area contributed by atoms with Crippen LogP contribution in [-0.2, 0) is 4.79 Å². The quantitative estimate of drug-likeness (QED) is 0.767. The van der Waals surface area contributed by atoms with E-state index in [-0.39, 0.29) is 17.4 Å². The number of amides is 2. The van der Waals surface area contributed by atoms with Gasteiger partial charge in [-0.3, -0.25) is 14.5 Å². The Balaban J connectivity index is 1.36. The molecule has 1 atom stereocenters. The Hall–Kier alpha value is -1.44. The number of thiophene rings is 1. The van der Waals surface area contributed by atoms with Crippen LogP contribution in [0.5, 0.6) is 0 Å². The molecule has 4 heterocycles. The summed E-state index contributed by atoms with van der Waals surface area (Å²) in [6.45, 7) is 6.19. The van der Waals surface area contributed by atoms with Crippen molar-refractivity contribution in [2.45, 2.75) is 25.3 Å². The molecule has 3 saturated heterocycles. The van der Waals surface area contributed by atoms with E-state index in [9.17, 15) is 9.59 Å². The van der Waals surface area contributed by atoms with Crippen molar-refractivity contribution in [3.63, 3.8) is 0 Å². The first-order valence-corrected chi connectivity index (χ1v) is 10.9. The molecule has 0 radical (unpaired) electrons. The van der Waals surface area contributed by atoms with Gasteiger partial charge in [0.15, 0.2) is 0 Å². The first kappa shape index (κ1) is 18.9. The van der Waals surface area contributed by atoms with E-state index in [1.807, 2.05) is 21.7 Å². The standard InChI is InChI=1S/C20H30N4O2S/c1-21-8-10-24(11-9-21)19(26)17-13-20(15-22(17)2)4-6-23(7-5-20)18(25)16-3-12-27-14-16/h3,12,14,17H,4-11,13,15H2,1-2H3. The molecule has 0 N–H and O–H groups in total. The summed E-state index contributed by atoms with van der Waals surface area (Å²) in [5, 5.41) is 3.89. The monoisotopic (exact) mass is 390 g/mol. The number of carbonyl (C=O) groups is 2. The summed E-state index contributed by atoms with van der Waals surface area (Å²) >= 11 is 1.57. The molecule has 1 unspecified atom stereocenters. The van der Waals surface area contributed by atoms with Crippen LogP contribution in [-0.4, -0.2) is 97.4 Å². The maximum atomic E-state index is 13.1. The van der Waals surface area contributed by atoms with Crippen LogP contribution in [0.2, 0.25) is 0 Å². The second-order valence-electron chi connectivity index (χ2n) is 8.57. The fraction of sp³-hybridized carbons (Fsp3) is 0.700. The predicted molar refractivity (Wildman–Crippen MR) is 107 cm³/mol. The Labute approximate surface area is 165 Å². The third-order valence-electron chi connectivity index (χ3n) is 6.72. The maximum Gasteiger partial charge on any atom is 0.254 e. The largest absolute Gasteiger partial charge is 0.339 e. The van der Waals surface area contributed by atoms with Crippen molar-refractivity contribution in [2.75, 3.05) is 59.9 Å². The van der Waals surface area contributed by atoms with Crippen LogP contribution in [0.1, 0.15) is 29.6 Å². The minimum atomic E-state index is 0.00697. The van der Waals surface area contributed by atoms with Crippen LogP contribution in [0.4, 0.5) is 0 Å². The van der Waals surface area contributed by atoms with Crippen molar-refractivity contribution in [1.82, 2.24) is 19.6 Å². The topological polar surface area (TPSA) is 47.1 Å². The molecule has 0 saturated carbocycles. The van der Waals surface area contributed by atoms with Gasteiger partial charge in [0.25, 0.3) is 5.91 Å². The van der Waals surface area contributed by atoms with Gasteiger partial charge in [-0.1, -0.05) is 0 Å². The van der Waals surface area contributed by atoms with Gasteiger partial charge in [-0.25, -0.2) is 0 Å². The lowest BCUT2D eigenvalue weighted by atomic mass is 9.76. The van der Waals surface area contributed by atoms with E-state index in [4.69, 9.17) is 0 Å². The lowest BCUT2D eigenvalue weighted by Crippen LogP contribution is -2.52. The zero-order valence-electron chi connectivity index (χ0n) is 16.4. The Kier molecular flexibility index (Phi) is 5.27. The fourth-order valence-electron chi connectivity index (χ4n) is 4.90. The van der Waals surface area contributed by atoms with Gasteiger partial charge in [-0.05, 0) is 50.2 Å². The first-order chi connectivity index (χ1) is 13.0. The zero-order chi connectivity index (χ0) is 19.0. The molecule has 0 aromatic carbocycles. The van der Waals surface area contributed by atoms with Crippen LogP contribution in [0.25, 0.3) is 0 Å². The maximum absolute atomic E-state index is 13.1. The number of piperidine rings is 1. The Morgan fingerprint density at radius 2 is 1.74 bits per heavy atom. The Morgan fingerprint density at radius 1 is 1.04 bits per heavy atom. The van der Waals surface area contributed by atoms with Crippen molar-refractivity contribution >= 4 is 23.2 Å². The van der Waals surface area contributed by atoms with Gasteiger partial charge in [0.05, 0.1) is 11.6 Å². The smallest absolute Gasteiger partial charge is 0.254 e. The number of hydrogen-bond acceptors (Lipinski definition) is 5. The number of likely N-dealkylation sites (tertiary alicyclic amines) is 2. The second kappa shape index (κ2) is 7.53.